The van der Waals surface area contributed by atoms with Gasteiger partial charge in [0, 0.05) is 26.4 Å². The molecule has 10 nitrogen and oxygen atoms in total. The summed E-state index contributed by atoms with van der Waals surface area (Å²) in [5.74, 6) is -3.54. The number of carboxylic acid groups (broad SMARTS) is 2. The van der Waals surface area contributed by atoms with Crippen LogP contribution in [-0.4, -0.2) is 51.2 Å². The van der Waals surface area contributed by atoms with Gasteiger partial charge in [0.05, 0.1) is 15.5 Å². The molecule has 0 saturated heterocycles. The number of aliphatic carboxylic acids is 2. The fraction of sp³-hybridized carbons (Fsp3) is 0.182. The SMILES string of the molecule is C=N[SH]1(CC)(CC)C(NC(=O)c2ccc(Cl)cc2)=C(C(=O)O)C(C(=O)O)=C1c1ccc([N+](=O)[O-])s1. The van der Waals surface area contributed by atoms with Crippen molar-refractivity contribution in [2.45, 2.75) is 13.8 Å². The number of carboxylic acids is 2. The molecular formula is C22H22ClN3O7S2. The lowest BCUT2D eigenvalue weighted by Gasteiger charge is -2.58. The van der Waals surface area contributed by atoms with Crippen molar-refractivity contribution >= 4 is 66.8 Å². The van der Waals surface area contributed by atoms with Gasteiger partial charge in [0.15, 0.2) is 0 Å². The van der Waals surface area contributed by atoms with Gasteiger partial charge in [0.2, 0.25) is 0 Å². The summed E-state index contributed by atoms with van der Waals surface area (Å²) in [5, 5.41) is 34.3. The number of thiol groups is 1. The summed E-state index contributed by atoms with van der Waals surface area (Å²) in [4.78, 5) is 49.2. The van der Waals surface area contributed by atoms with Gasteiger partial charge < -0.3 is 15.5 Å². The van der Waals surface area contributed by atoms with Gasteiger partial charge in [-0.15, -0.1) is 0 Å². The van der Waals surface area contributed by atoms with Crippen LogP contribution in [0.25, 0.3) is 4.91 Å². The second-order valence-corrected chi connectivity index (χ2v) is 14.5. The quantitative estimate of drug-likeness (QED) is 0.157. The van der Waals surface area contributed by atoms with E-state index in [9.17, 15) is 34.7 Å². The molecule has 1 aromatic carbocycles. The first-order chi connectivity index (χ1) is 16.5. The van der Waals surface area contributed by atoms with Crippen LogP contribution in [0.15, 0.2) is 57.0 Å². The third-order valence-electron chi connectivity index (χ3n) is 6.25. The van der Waals surface area contributed by atoms with E-state index in [1.807, 2.05) is 0 Å². The van der Waals surface area contributed by atoms with Crippen LogP contribution in [0.3, 0.4) is 0 Å². The van der Waals surface area contributed by atoms with Crippen LogP contribution in [0.2, 0.25) is 5.02 Å². The largest absolute Gasteiger partial charge is 0.478 e. The highest BCUT2D eigenvalue weighted by atomic mass is 35.5. The van der Waals surface area contributed by atoms with Gasteiger partial charge in [-0.05, 0) is 48.6 Å². The molecule has 0 radical (unpaired) electrons. The first-order valence-electron chi connectivity index (χ1n) is 10.2. The van der Waals surface area contributed by atoms with Crippen LogP contribution in [0, 0.1) is 10.1 Å². The maximum atomic E-state index is 13.2. The number of benzene rings is 1. The molecule has 1 amide bonds. The zero-order valence-electron chi connectivity index (χ0n) is 18.6. The van der Waals surface area contributed by atoms with E-state index in [0.29, 0.717) is 16.4 Å². The average Bonchev–Trinajstić information content (AvgIpc) is 3.40. The van der Waals surface area contributed by atoms with Gasteiger partial charge in [-0.2, -0.15) is 9.35 Å². The van der Waals surface area contributed by atoms with E-state index >= 15 is 0 Å². The smallest absolute Gasteiger partial charge is 0.339 e. The molecule has 13 heteroatoms. The number of hydrogen-bond donors (Lipinski definition) is 4. The maximum absolute atomic E-state index is 13.2. The maximum Gasteiger partial charge on any atom is 0.339 e. The highest BCUT2D eigenvalue weighted by Gasteiger charge is 2.56. The van der Waals surface area contributed by atoms with Gasteiger partial charge in [-0.3, -0.25) is 19.3 Å². The second-order valence-electron chi connectivity index (χ2n) is 7.64. The third-order valence-corrected chi connectivity index (χ3v) is 14.0. The highest BCUT2D eigenvalue weighted by molar-refractivity contribution is 8.58. The van der Waals surface area contributed by atoms with E-state index in [-0.39, 0.29) is 36.9 Å². The molecule has 1 aromatic heterocycles. The Bertz CT molecular complexity index is 1340. The number of nitro groups is 1. The fourth-order valence-electron chi connectivity index (χ4n) is 4.40. The summed E-state index contributed by atoms with van der Waals surface area (Å²) in [7, 11) is -4.16. The summed E-state index contributed by atoms with van der Waals surface area (Å²) in [5.41, 5.74) is -1.01. The van der Waals surface area contributed by atoms with Crippen molar-refractivity contribution in [1.82, 2.24) is 5.32 Å². The molecular weight excluding hydrogens is 518 g/mol. The standard InChI is InChI=1S/C22H22ClN3O7S2/c1-4-35(5-2,24-3)18(14-10-11-15(34-14)26(32)33)16(21(28)29)17(22(30)31)20(35)25-19(27)12-6-8-13(23)9-7-12/h6-11,35H,3-5H2,1-2H3,(H,25,27)(H,28,29)(H,30,31). The minimum atomic E-state index is -4.16. The van der Waals surface area contributed by atoms with Gasteiger partial charge in [0.1, 0.15) is 5.57 Å². The lowest BCUT2D eigenvalue weighted by Crippen LogP contribution is -2.34. The van der Waals surface area contributed by atoms with E-state index in [2.05, 4.69) is 16.4 Å². The van der Waals surface area contributed by atoms with Gasteiger partial charge in [0.25, 0.3) is 5.91 Å². The second kappa shape index (κ2) is 9.29. The van der Waals surface area contributed by atoms with Crippen molar-refractivity contribution in [1.29, 1.82) is 0 Å². The van der Waals surface area contributed by atoms with Crippen molar-refractivity contribution in [2.24, 2.45) is 4.40 Å². The Hall–Kier alpha value is -3.48. The molecule has 35 heavy (non-hydrogen) atoms. The molecule has 1 aliphatic heterocycles. The number of halogens is 1. The molecule has 0 fully saturated rings. The van der Waals surface area contributed by atoms with Crippen LogP contribution in [0.4, 0.5) is 5.00 Å². The van der Waals surface area contributed by atoms with E-state index < -0.39 is 43.3 Å². The minimum Gasteiger partial charge on any atom is -0.478 e. The highest BCUT2D eigenvalue weighted by Crippen LogP contribution is 2.87. The first-order valence-corrected chi connectivity index (χ1v) is 14.0. The number of rotatable bonds is 9. The molecule has 3 N–H and O–H groups in total. The Morgan fingerprint density at radius 2 is 1.66 bits per heavy atom. The van der Waals surface area contributed by atoms with Gasteiger partial charge in [-0.25, -0.2) is 9.59 Å². The monoisotopic (exact) mass is 539 g/mol. The fourth-order valence-corrected chi connectivity index (χ4v) is 11.1. The van der Waals surface area contributed by atoms with Crippen LogP contribution in [0.5, 0.6) is 0 Å². The number of hydrogen-bond acceptors (Lipinski definition) is 7. The average molecular weight is 540 g/mol. The summed E-state index contributed by atoms with van der Waals surface area (Å²) < 4.78 is 4.45. The summed E-state index contributed by atoms with van der Waals surface area (Å²) in [6.07, 6.45) is 0. The molecule has 0 aliphatic carbocycles. The topological polar surface area (TPSA) is 159 Å². The Kier molecular flexibility index (Phi) is 6.93. The summed E-state index contributed by atoms with van der Waals surface area (Å²) in [6.45, 7) is 7.14. The number of amides is 1. The number of nitrogens with one attached hydrogen (secondary N) is 1. The first kappa shape index (κ1) is 26.1. The molecule has 2 heterocycles. The Labute approximate surface area is 209 Å². The zero-order valence-corrected chi connectivity index (χ0v) is 21.1. The predicted molar refractivity (Wildman–Crippen MR) is 139 cm³/mol. The third kappa shape index (κ3) is 3.93. The predicted octanol–water partition coefficient (Wildman–Crippen LogP) is 4.57. The van der Waals surface area contributed by atoms with E-state index in [0.717, 1.165) is 0 Å². The number of carbonyl (C=O) groups excluding carboxylic acids is 1. The van der Waals surface area contributed by atoms with Crippen LogP contribution < -0.4 is 5.32 Å². The minimum absolute atomic E-state index is 0.0606. The summed E-state index contributed by atoms with van der Waals surface area (Å²) >= 11 is 6.61. The van der Waals surface area contributed by atoms with Crippen molar-refractivity contribution in [3.63, 3.8) is 0 Å². The summed E-state index contributed by atoms with van der Waals surface area (Å²) in [6, 6.07) is 8.45. The lowest BCUT2D eigenvalue weighted by molar-refractivity contribution is -0.380. The molecule has 0 bridgehead atoms. The van der Waals surface area contributed by atoms with Gasteiger partial charge in [-0.1, -0.05) is 36.8 Å². The zero-order chi connectivity index (χ0) is 26.2. The Balaban J connectivity index is 2.40. The lowest BCUT2D eigenvalue weighted by atomic mass is 10.1. The molecule has 0 atom stereocenters. The number of carbonyl (C=O) groups is 3. The molecule has 0 unspecified atom stereocenters. The molecule has 3 rings (SSSR count). The molecule has 1 aliphatic rings. The molecule has 2 aromatic rings. The Morgan fingerprint density at radius 3 is 2.09 bits per heavy atom. The van der Waals surface area contributed by atoms with Gasteiger partial charge >= 0.3 is 16.9 Å². The van der Waals surface area contributed by atoms with Crippen molar-refractivity contribution in [3.8, 4) is 0 Å². The normalized spacial score (nSPS) is 17.4. The van der Waals surface area contributed by atoms with E-state index in [1.165, 1.54) is 36.4 Å². The molecule has 0 saturated carbocycles. The van der Waals surface area contributed by atoms with Crippen molar-refractivity contribution < 1.29 is 29.5 Å². The molecule has 0 spiro atoms. The van der Waals surface area contributed by atoms with Crippen molar-refractivity contribution in [3.05, 3.63) is 78.2 Å². The van der Waals surface area contributed by atoms with E-state index in [4.69, 9.17) is 11.6 Å². The van der Waals surface area contributed by atoms with Crippen LogP contribution in [-0.2, 0) is 9.59 Å². The molecule has 186 valence electrons. The van der Waals surface area contributed by atoms with E-state index in [1.54, 1.807) is 13.8 Å². The number of nitrogens with zero attached hydrogens (tertiary/aromatic N) is 2. The van der Waals surface area contributed by atoms with Crippen LogP contribution >= 0.6 is 32.3 Å². The van der Waals surface area contributed by atoms with Crippen molar-refractivity contribution in [2.75, 3.05) is 11.5 Å². The van der Waals surface area contributed by atoms with Crippen LogP contribution in [0.1, 0.15) is 29.1 Å². The Morgan fingerprint density at radius 1 is 1.09 bits per heavy atom. The number of thiophene rings is 1.